The van der Waals surface area contributed by atoms with Gasteiger partial charge in [-0.1, -0.05) is 62.4 Å². The topological polar surface area (TPSA) is 103 Å². The Kier molecular flexibility index (Phi) is 15.4. The van der Waals surface area contributed by atoms with Crippen LogP contribution in [0, 0.1) is 12.8 Å². The first kappa shape index (κ1) is 34.1. The van der Waals surface area contributed by atoms with E-state index in [1.807, 2.05) is 49.6 Å². The molecule has 1 fully saturated rings. The van der Waals surface area contributed by atoms with Gasteiger partial charge in [0, 0.05) is 12.7 Å². The van der Waals surface area contributed by atoms with Crippen LogP contribution < -0.4 is 5.32 Å². The van der Waals surface area contributed by atoms with Crippen molar-refractivity contribution in [2.45, 2.75) is 70.6 Å². The molecule has 1 amide bonds. The SMILES string of the molecule is COCCOCOCC(CC1CCCCC1)OCc1ccc(C(=O)NC(CCSC)C(=O)O)c(-c2ccccc2C)c1. The Morgan fingerprint density at radius 3 is 2.55 bits per heavy atom. The Bertz CT molecular complexity index is 1110. The van der Waals surface area contributed by atoms with E-state index in [0.717, 1.165) is 28.7 Å². The second-order valence-electron chi connectivity index (χ2n) is 10.9. The third-order valence-corrected chi connectivity index (χ3v) is 8.33. The number of benzene rings is 2. The normalized spacial score (nSPS) is 15.3. The van der Waals surface area contributed by atoms with Gasteiger partial charge in [0.05, 0.1) is 32.5 Å². The zero-order valence-electron chi connectivity index (χ0n) is 25.3. The maximum absolute atomic E-state index is 13.4. The number of methoxy groups -OCH3 is 1. The van der Waals surface area contributed by atoms with Gasteiger partial charge in [-0.15, -0.1) is 0 Å². The first-order valence-electron chi connectivity index (χ1n) is 14.9. The second kappa shape index (κ2) is 19.0. The molecule has 1 aliphatic rings. The number of carbonyl (C=O) groups is 2. The van der Waals surface area contributed by atoms with Crippen LogP contribution in [-0.2, 0) is 30.3 Å². The van der Waals surface area contributed by atoms with Crippen molar-refractivity contribution >= 4 is 23.6 Å². The Hall–Kier alpha value is -2.43. The summed E-state index contributed by atoms with van der Waals surface area (Å²) in [4.78, 5) is 25.2. The number of aliphatic carboxylic acids is 1. The number of carboxylic acid groups (broad SMARTS) is 1. The molecule has 0 radical (unpaired) electrons. The van der Waals surface area contributed by atoms with Crippen molar-refractivity contribution in [3.05, 3.63) is 59.2 Å². The summed E-state index contributed by atoms with van der Waals surface area (Å²) < 4.78 is 22.7. The van der Waals surface area contributed by atoms with Crippen molar-refractivity contribution in [1.29, 1.82) is 0 Å². The minimum atomic E-state index is -1.03. The fourth-order valence-corrected chi connectivity index (χ4v) is 5.81. The van der Waals surface area contributed by atoms with Gasteiger partial charge < -0.3 is 29.4 Å². The lowest BCUT2D eigenvalue weighted by Crippen LogP contribution is -2.41. The molecule has 0 saturated heterocycles. The van der Waals surface area contributed by atoms with Crippen LogP contribution in [0.1, 0.15) is 66.4 Å². The molecule has 0 aromatic heterocycles. The predicted molar refractivity (Wildman–Crippen MR) is 167 cm³/mol. The molecule has 2 atom stereocenters. The van der Waals surface area contributed by atoms with Crippen molar-refractivity contribution in [1.82, 2.24) is 5.32 Å². The van der Waals surface area contributed by atoms with Crippen LogP contribution in [0.4, 0.5) is 0 Å². The molecule has 232 valence electrons. The first-order valence-corrected chi connectivity index (χ1v) is 16.3. The number of carbonyl (C=O) groups excluding carboxylic acids is 1. The van der Waals surface area contributed by atoms with E-state index in [9.17, 15) is 14.7 Å². The molecule has 2 aromatic carbocycles. The molecule has 2 N–H and O–H groups in total. The summed E-state index contributed by atoms with van der Waals surface area (Å²) in [6, 6.07) is 12.6. The highest BCUT2D eigenvalue weighted by Crippen LogP contribution is 2.30. The minimum Gasteiger partial charge on any atom is -0.480 e. The Morgan fingerprint density at radius 2 is 1.83 bits per heavy atom. The highest BCUT2D eigenvalue weighted by Gasteiger charge is 2.24. The summed E-state index contributed by atoms with van der Waals surface area (Å²) in [7, 11) is 1.64. The number of hydrogen-bond donors (Lipinski definition) is 2. The molecule has 0 bridgehead atoms. The Balaban J connectivity index is 1.76. The molecule has 0 spiro atoms. The van der Waals surface area contributed by atoms with Gasteiger partial charge >= 0.3 is 5.97 Å². The molecule has 2 aromatic rings. The molecule has 1 saturated carbocycles. The van der Waals surface area contributed by atoms with Gasteiger partial charge in [-0.2, -0.15) is 11.8 Å². The van der Waals surface area contributed by atoms with Crippen LogP contribution in [0.2, 0.25) is 0 Å². The molecule has 3 rings (SSSR count). The average molecular weight is 602 g/mol. The summed E-state index contributed by atoms with van der Waals surface area (Å²) in [5, 5.41) is 12.4. The van der Waals surface area contributed by atoms with Crippen LogP contribution in [0.3, 0.4) is 0 Å². The van der Waals surface area contributed by atoms with Gasteiger partial charge in [0.25, 0.3) is 5.91 Å². The number of hydrogen-bond acceptors (Lipinski definition) is 7. The van der Waals surface area contributed by atoms with Crippen LogP contribution >= 0.6 is 11.8 Å². The van der Waals surface area contributed by atoms with E-state index < -0.39 is 17.9 Å². The summed E-state index contributed by atoms with van der Waals surface area (Å²) in [6.45, 7) is 4.03. The minimum absolute atomic E-state index is 0.0724. The third-order valence-electron chi connectivity index (χ3n) is 7.69. The Morgan fingerprint density at radius 1 is 1.05 bits per heavy atom. The number of thioether (sulfide) groups is 1. The van der Waals surface area contributed by atoms with E-state index in [0.29, 0.717) is 50.1 Å². The number of aryl methyl sites for hydroxylation is 1. The molecule has 2 unspecified atom stereocenters. The largest absolute Gasteiger partial charge is 0.480 e. The highest BCUT2D eigenvalue weighted by atomic mass is 32.2. The lowest BCUT2D eigenvalue weighted by molar-refractivity contribution is -0.139. The van der Waals surface area contributed by atoms with Gasteiger partial charge in [0.2, 0.25) is 0 Å². The monoisotopic (exact) mass is 601 g/mol. The molecule has 8 nitrogen and oxygen atoms in total. The van der Waals surface area contributed by atoms with Crippen LogP contribution in [0.15, 0.2) is 42.5 Å². The fraction of sp³-hybridized carbons (Fsp3) is 0.576. The Labute approximate surface area is 254 Å². The zero-order valence-corrected chi connectivity index (χ0v) is 26.1. The molecular formula is C33H47NO7S. The maximum Gasteiger partial charge on any atom is 0.326 e. The van der Waals surface area contributed by atoms with E-state index in [2.05, 4.69) is 5.32 Å². The van der Waals surface area contributed by atoms with E-state index >= 15 is 0 Å². The lowest BCUT2D eigenvalue weighted by atomic mass is 9.85. The standard InChI is InChI=1S/C33H47NO7S/c1-24-9-7-8-12-28(24)30-20-26(13-14-29(30)32(35)34-31(33(36)37)15-18-42-3)21-41-27(19-25-10-5-4-6-11-25)22-40-23-39-17-16-38-2/h7-9,12-14,20,25,27,31H,4-6,10-11,15-19,21-23H2,1-3H3,(H,34,35)(H,36,37). The van der Waals surface area contributed by atoms with Gasteiger partial charge in [-0.3, -0.25) is 4.79 Å². The van der Waals surface area contributed by atoms with Gasteiger partial charge in [0.15, 0.2) is 0 Å². The summed E-state index contributed by atoms with van der Waals surface area (Å²) >= 11 is 1.55. The van der Waals surface area contributed by atoms with E-state index in [1.165, 1.54) is 32.1 Å². The number of rotatable bonds is 19. The third kappa shape index (κ3) is 11.3. The van der Waals surface area contributed by atoms with Crippen LogP contribution in [0.25, 0.3) is 11.1 Å². The average Bonchev–Trinajstić information content (AvgIpc) is 3.00. The zero-order chi connectivity index (χ0) is 30.2. The predicted octanol–water partition coefficient (Wildman–Crippen LogP) is 6.09. The quantitative estimate of drug-likeness (QED) is 0.147. The molecule has 42 heavy (non-hydrogen) atoms. The summed E-state index contributed by atoms with van der Waals surface area (Å²) in [5.41, 5.74) is 4.09. The van der Waals surface area contributed by atoms with Gasteiger partial charge in [0.1, 0.15) is 12.8 Å². The smallest absolute Gasteiger partial charge is 0.326 e. The van der Waals surface area contributed by atoms with Crippen molar-refractivity contribution in [3.8, 4) is 11.1 Å². The summed E-state index contributed by atoms with van der Waals surface area (Å²) in [5.74, 6) is -0.159. The van der Waals surface area contributed by atoms with Crippen molar-refractivity contribution in [3.63, 3.8) is 0 Å². The maximum atomic E-state index is 13.4. The van der Waals surface area contributed by atoms with E-state index in [-0.39, 0.29) is 12.9 Å². The highest BCUT2D eigenvalue weighted by molar-refractivity contribution is 7.98. The van der Waals surface area contributed by atoms with Crippen LogP contribution in [0.5, 0.6) is 0 Å². The molecule has 1 aliphatic carbocycles. The van der Waals surface area contributed by atoms with Crippen LogP contribution in [-0.4, -0.2) is 74.9 Å². The first-order chi connectivity index (χ1) is 20.4. The molecule has 0 aliphatic heterocycles. The number of nitrogens with one attached hydrogen (secondary N) is 1. The van der Waals surface area contributed by atoms with Crippen molar-refractivity contribution in [2.75, 3.05) is 45.7 Å². The summed E-state index contributed by atoms with van der Waals surface area (Å²) in [6.07, 6.45) is 9.42. The van der Waals surface area contributed by atoms with E-state index in [1.54, 1.807) is 24.9 Å². The van der Waals surface area contributed by atoms with Gasteiger partial charge in [-0.05, 0) is 72.1 Å². The van der Waals surface area contributed by atoms with Crippen molar-refractivity contribution in [2.24, 2.45) is 5.92 Å². The molecule has 9 heteroatoms. The fourth-order valence-electron chi connectivity index (χ4n) is 5.34. The second-order valence-corrected chi connectivity index (χ2v) is 11.9. The number of carboxylic acids is 1. The number of amides is 1. The number of ether oxygens (including phenoxy) is 4. The lowest BCUT2D eigenvalue weighted by Gasteiger charge is -2.27. The van der Waals surface area contributed by atoms with E-state index in [4.69, 9.17) is 18.9 Å². The van der Waals surface area contributed by atoms with Gasteiger partial charge in [-0.25, -0.2) is 4.79 Å². The molecule has 0 heterocycles. The van der Waals surface area contributed by atoms with Crippen molar-refractivity contribution < 1.29 is 33.6 Å². The molecular weight excluding hydrogens is 554 g/mol.